The maximum atomic E-state index is 13.0. The number of carbonyl (C=O) groups is 4. The lowest BCUT2D eigenvalue weighted by atomic mass is 9.82. The Balaban J connectivity index is 1.31. The van der Waals surface area contributed by atoms with Crippen molar-refractivity contribution in [3.05, 3.63) is 102 Å². The molecule has 1 fully saturated rings. The molecule has 0 bridgehead atoms. The van der Waals surface area contributed by atoms with Gasteiger partial charge in [-0.15, -0.1) is 0 Å². The number of anilines is 3. The summed E-state index contributed by atoms with van der Waals surface area (Å²) in [7, 11) is 0. The molecule has 0 saturated carbocycles. The van der Waals surface area contributed by atoms with Crippen molar-refractivity contribution in [3.8, 4) is 0 Å². The number of allylic oxidation sites excluding steroid dienone is 2. The zero-order valence-corrected chi connectivity index (χ0v) is 19.7. The monoisotopic (exact) mass is 479 g/mol. The van der Waals surface area contributed by atoms with Gasteiger partial charge in [0.25, 0.3) is 11.8 Å². The minimum atomic E-state index is -0.411. The third-order valence-electron chi connectivity index (χ3n) is 6.60. The second kappa shape index (κ2) is 9.62. The average molecular weight is 480 g/mol. The molecule has 2 aliphatic rings. The number of para-hydroxylation sites is 1. The fourth-order valence-electron chi connectivity index (χ4n) is 4.74. The van der Waals surface area contributed by atoms with Gasteiger partial charge in [0.05, 0.1) is 17.5 Å². The number of rotatable bonds is 5. The Morgan fingerprint density at radius 1 is 0.750 bits per heavy atom. The smallest absolute Gasteiger partial charge is 0.255 e. The number of benzene rings is 3. The second-order valence-electron chi connectivity index (χ2n) is 9.12. The summed E-state index contributed by atoms with van der Waals surface area (Å²) in [5.74, 6) is -1.83. The van der Waals surface area contributed by atoms with Gasteiger partial charge in [-0.1, -0.05) is 42.0 Å². The molecular weight excluding hydrogens is 454 g/mol. The van der Waals surface area contributed by atoms with E-state index in [2.05, 4.69) is 10.6 Å². The molecule has 0 spiro atoms. The SMILES string of the molecule is CC1=CC[C@@H]2C(=O)N(c3cccc(C(=O)Nc4cccc(C(=O)Nc5ccccc5)c4)c3)C(=O)[C@H]2C1. The van der Waals surface area contributed by atoms with E-state index in [1.807, 2.05) is 31.2 Å². The summed E-state index contributed by atoms with van der Waals surface area (Å²) in [5, 5.41) is 5.61. The molecule has 1 aliphatic carbocycles. The van der Waals surface area contributed by atoms with Gasteiger partial charge < -0.3 is 10.6 Å². The first kappa shape index (κ1) is 23.2. The maximum Gasteiger partial charge on any atom is 0.255 e. The van der Waals surface area contributed by atoms with Gasteiger partial charge in [-0.25, -0.2) is 0 Å². The number of carbonyl (C=O) groups excluding carboxylic acids is 4. The lowest BCUT2D eigenvalue weighted by Crippen LogP contribution is -2.31. The van der Waals surface area contributed by atoms with Gasteiger partial charge in [-0.05, 0) is 68.3 Å². The number of nitrogens with zero attached hydrogens (tertiary/aromatic N) is 1. The molecule has 0 aromatic heterocycles. The molecule has 1 heterocycles. The predicted octanol–water partition coefficient (Wildman–Crippen LogP) is 5.04. The van der Waals surface area contributed by atoms with Gasteiger partial charge in [-0.2, -0.15) is 0 Å². The Bertz CT molecular complexity index is 1400. The van der Waals surface area contributed by atoms with Crippen molar-refractivity contribution in [1.82, 2.24) is 0 Å². The van der Waals surface area contributed by atoms with Crippen LogP contribution in [0.15, 0.2) is 90.5 Å². The minimum absolute atomic E-state index is 0.216. The van der Waals surface area contributed by atoms with Crippen LogP contribution in [-0.4, -0.2) is 23.6 Å². The number of fused-ring (bicyclic) bond motifs is 1. The Morgan fingerprint density at radius 3 is 2.11 bits per heavy atom. The third-order valence-corrected chi connectivity index (χ3v) is 6.60. The minimum Gasteiger partial charge on any atom is -0.322 e. The Labute approximate surface area is 208 Å². The number of hydrogen-bond acceptors (Lipinski definition) is 4. The van der Waals surface area contributed by atoms with E-state index in [9.17, 15) is 19.2 Å². The second-order valence-corrected chi connectivity index (χ2v) is 9.12. The number of hydrogen-bond donors (Lipinski definition) is 2. The molecule has 1 aliphatic heterocycles. The first-order chi connectivity index (χ1) is 17.4. The fourth-order valence-corrected chi connectivity index (χ4v) is 4.74. The molecule has 180 valence electrons. The zero-order valence-electron chi connectivity index (χ0n) is 19.7. The predicted molar refractivity (Wildman–Crippen MR) is 138 cm³/mol. The fraction of sp³-hybridized carbons (Fsp3) is 0.172. The van der Waals surface area contributed by atoms with Crippen molar-refractivity contribution < 1.29 is 19.2 Å². The normalized spacial score (nSPS) is 18.9. The molecule has 36 heavy (non-hydrogen) atoms. The van der Waals surface area contributed by atoms with Crippen LogP contribution in [0.3, 0.4) is 0 Å². The standard InChI is InChI=1S/C29H25N3O4/c1-18-13-14-24-25(15-18)29(36)32(28(24)35)23-12-6-8-20(17-23)27(34)31-22-11-5-7-19(16-22)26(33)30-21-9-3-2-4-10-21/h2-13,16-17,24-25H,14-15H2,1H3,(H,30,33)(H,31,34)/t24-,25-/m0/s1. The zero-order chi connectivity index (χ0) is 25.2. The molecule has 2 N–H and O–H groups in total. The van der Waals surface area contributed by atoms with Crippen LogP contribution >= 0.6 is 0 Å². The van der Waals surface area contributed by atoms with Crippen LogP contribution in [0.25, 0.3) is 0 Å². The average Bonchev–Trinajstić information content (AvgIpc) is 3.13. The molecule has 7 heteroatoms. The third kappa shape index (κ3) is 4.55. The maximum absolute atomic E-state index is 13.0. The van der Waals surface area contributed by atoms with Crippen molar-refractivity contribution in [2.45, 2.75) is 19.8 Å². The molecule has 1 saturated heterocycles. The lowest BCUT2D eigenvalue weighted by Gasteiger charge is -2.18. The molecule has 5 rings (SSSR count). The van der Waals surface area contributed by atoms with Crippen LogP contribution in [0.4, 0.5) is 17.1 Å². The highest BCUT2D eigenvalue weighted by molar-refractivity contribution is 6.22. The summed E-state index contributed by atoms with van der Waals surface area (Å²) in [6, 6.07) is 22.2. The molecule has 2 atom stereocenters. The van der Waals surface area contributed by atoms with Gasteiger partial charge in [0, 0.05) is 22.5 Å². The van der Waals surface area contributed by atoms with Crippen LogP contribution < -0.4 is 15.5 Å². The molecule has 7 nitrogen and oxygen atoms in total. The summed E-state index contributed by atoms with van der Waals surface area (Å²) in [6.45, 7) is 1.97. The van der Waals surface area contributed by atoms with Crippen LogP contribution in [-0.2, 0) is 9.59 Å². The molecule has 0 unspecified atom stereocenters. The van der Waals surface area contributed by atoms with Gasteiger partial charge in [-0.3, -0.25) is 24.1 Å². The molecule has 3 aromatic carbocycles. The highest BCUT2D eigenvalue weighted by Crippen LogP contribution is 2.39. The van der Waals surface area contributed by atoms with Crippen molar-refractivity contribution in [1.29, 1.82) is 0 Å². The number of imide groups is 1. The van der Waals surface area contributed by atoms with Crippen molar-refractivity contribution in [2.75, 3.05) is 15.5 Å². The highest BCUT2D eigenvalue weighted by atomic mass is 16.2. The largest absolute Gasteiger partial charge is 0.322 e. The van der Waals surface area contributed by atoms with E-state index < -0.39 is 5.91 Å². The van der Waals surface area contributed by atoms with Crippen LogP contribution in [0.1, 0.15) is 40.5 Å². The van der Waals surface area contributed by atoms with Crippen LogP contribution in [0.5, 0.6) is 0 Å². The van der Waals surface area contributed by atoms with Crippen LogP contribution in [0, 0.1) is 11.8 Å². The van der Waals surface area contributed by atoms with E-state index >= 15 is 0 Å². The van der Waals surface area contributed by atoms with Gasteiger partial charge in [0.15, 0.2) is 0 Å². The summed E-state index contributed by atoms with van der Waals surface area (Å²) in [5.41, 5.74) is 3.33. The van der Waals surface area contributed by atoms with E-state index in [1.54, 1.807) is 60.7 Å². The Kier molecular flexibility index (Phi) is 6.21. The summed E-state index contributed by atoms with van der Waals surface area (Å²) >= 11 is 0. The van der Waals surface area contributed by atoms with Crippen LogP contribution in [0.2, 0.25) is 0 Å². The van der Waals surface area contributed by atoms with E-state index in [0.29, 0.717) is 41.0 Å². The highest BCUT2D eigenvalue weighted by Gasteiger charge is 2.48. The van der Waals surface area contributed by atoms with Crippen molar-refractivity contribution in [2.24, 2.45) is 11.8 Å². The van der Waals surface area contributed by atoms with E-state index in [1.165, 1.54) is 4.90 Å². The molecule has 0 radical (unpaired) electrons. The number of amides is 4. The lowest BCUT2D eigenvalue weighted by molar-refractivity contribution is -0.122. The molecule has 3 aromatic rings. The van der Waals surface area contributed by atoms with Gasteiger partial charge >= 0.3 is 0 Å². The van der Waals surface area contributed by atoms with Crippen molar-refractivity contribution >= 4 is 40.7 Å². The Hall–Kier alpha value is -4.52. The van der Waals surface area contributed by atoms with Gasteiger partial charge in [0.1, 0.15) is 0 Å². The molecule has 4 amide bonds. The summed E-state index contributed by atoms with van der Waals surface area (Å²) in [4.78, 5) is 52.9. The molecular formula is C29H25N3O4. The van der Waals surface area contributed by atoms with E-state index in [4.69, 9.17) is 0 Å². The van der Waals surface area contributed by atoms with Gasteiger partial charge in [0.2, 0.25) is 11.8 Å². The number of nitrogens with one attached hydrogen (secondary N) is 2. The first-order valence-electron chi connectivity index (χ1n) is 11.8. The van der Waals surface area contributed by atoms with E-state index in [-0.39, 0.29) is 29.6 Å². The summed E-state index contributed by atoms with van der Waals surface area (Å²) < 4.78 is 0. The quantitative estimate of drug-likeness (QED) is 0.396. The first-order valence-corrected chi connectivity index (χ1v) is 11.8. The summed E-state index contributed by atoms with van der Waals surface area (Å²) in [6.07, 6.45) is 3.17. The van der Waals surface area contributed by atoms with Crippen molar-refractivity contribution in [3.63, 3.8) is 0 Å². The van der Waals surface area contributed by atoms with E-state index in [0.717, 1.165) is 5.57 Å². The topological polar surface area (TPSA) is 95.6 Å². The Morgan fingerprint density at radius 2 is 1.36 bits per heavy atom.